The molecule has 0 amide bonds. The average molecular weight is 558 g/mol. The largest absolute Gasteiger partial charge is 0.494 e. The number of ketones is 3. The van der Waals surface area contributed by atoms with Crippen LogP contribution in [-0.2, 0) is 0 Å². The third-order valence-electron chi connectivity index (χ3n) is 8.92. The Hall–Kier alpha value is -4.84. The second-order valence-electron chi connectivity index (χ2n) is 11.1. The third kappa shape index (κ3) is 3.51. The number of halogens is 1. The van der Waals surface area contributed by atoms with Crippen molar-refractivity contribution in [3.8, 4) is 5.75 Å². The Morgan fingerprint density at radius 1 is 0.905 bits per heavy atom. The van der Waals surface area contributed by atoms with Crippen molar-refractivity contribution >= 4 is 29.1 Å². The van der Waals surface area contributed by atoms with Crippen molar-refractivity contribution in [3.63, 3.8) is 0 Å². The van der Waals surface area contributed by atoms with E-state index < -0.39 is 29.2 Å². The number of aryl methyl sites for hydroxylation is 1. The molecule has 3 aliphatic rings. The Morgan fingerprint density at radius 3 is 2.26 bits per heavy atom. The Bertz CT molecular complexity index is 1770. The molecule has 0 N–H and O–H groups in total. The monoisotopic (exact) mass is 557 g/mol. The van der Waals surface area contributed by atoms with Crippen molar-refractivity contribution in [2.24, 2.45) is 5.41 Å². The molecule has 2 aliphatic heterocycles. The van der Waals surface area contributed by atoms with Gasteiger partial charge in [-0.15, -0.1) is 0 Å². The standard InChI is InChI=1S/C36H28FNO4/c1-3-42-29-11-7-6-10-27(29)31-32(33(39)22-14-12-21(2)13-15-22)38-28-18-17-24(37)20-23(28)16-19-30(38)36(31)34(40)25-8-4-5-9-26(25)35(36)41/h4-20,30-32H,3H2,1-2H3/t30-,31-,32-/m1/s1. The summed E-state index contributed by atoms with van der Waals surface area (Å²) in [5, 5.41) is 0. The summed E-state index contributed by atoms with van der Waals surface area (Å²) in [6.45, 7) is 4.18. The van der Waals surface area contributed by atoms with Crippen LogP contribution in [-0.4, -0.2) is 36.0 Å². The Morgan fingerprint density at radius 2 is 1.57 bits per heavy atom. The van der Waals surface area contributed by atoms with Crippen molar-refractivity contribution in [2.45, 2.75) is 31.8 Å². The first-order chi connectivity index (χ1) is 20.4. The van der Waals surface area contributed by atoms with Gasteiger partial charge in [0.1, 0.15) is 23.0 Å². The van der Waals surface area contributed by atoms with E-state index >= 15 is 0 Å². The third-order valence-corrected chi connectivity index (χ3v) is 8.92. The molecule has 4 aromatic carbocycles. The number of nitrogens with zero attached hydrogens (tertiary/aromatic N) is 1. The number of fused-ring (bicyclic) bond motifs is 5. The molecule has 0 aromatic heterocycles. The molecule has 4 aromatic rings. The van der Waals surface area contributed by atoms with Crippen LogP contribution in [0.25, 0.3) is 6.08 Å². The highest BCUT2D eigenvalue weighted by atomic mass is 19.1. The first-order valence-corrected chi connectivity index (χ1v) is 14.1. The molecular formula is C36H28FNO4. The van der Waals surface area contributed by atoms with Gasteiger partial charge in [0.15, 0.2) is 17.3 Å². The zero-order chi connectivity index (χ0) is 29.2. The van der Waals surface area contributed by atoms with E-state index in [4.69, 9.17) is 4.74 Å². The molecule has 1 fully saturated rings. The van der Waals surface area contributed by atoms with Crippen LogP contribution < -0.4 is 9.64 Å². The molecule has 1 saturated heterocycles. The van der Waals surface area contributed by atoms with Gasteiger partial charge in [-0.05, 0) is 38.1 Å². The van der Waals surface area contributed by atoms with E-state index in [-0.39, 0.29) is 17.3 Å². The van der Waals surface area contributed by atoms with Crippen molar-refractivity contribution in [1.29, 1.82) is 0 Å². The van der Waals surface area contributed by atoms with Crippen molar-refractivity contribution in [2.75, 3.05) is 11.5 Å². The van der Waals surface area contributed by atoms with Gasteiger partial charge in [0.2, 0.25) is 0 Å². The minimum absolute atomic E-state index is 0.227. The van der Waals surface area contributed by atoms with E-state index in [2.05, 4.69) is 0 Å². The summed E-state index contributed by atoms with van der Waals surface area (Å²) < 4.78 is 20.5. The van der Waals surface area contributed by atoms with Gasteiger partial charge < -0.3 is 9.64 Å². The molecule has 208 valence electrons. The molecule has 0 bridgehead atoms. The Balaban J connectivity index is 1.56. The lowest BCUT2D eigenvalue weighted by atomic mass is 9.64. The molecule has 2 heterocycles. The normalized spacial score (nSPS) is 21.3. The van der Waals surface area contributed by atoms with E-state index in [0.717, 1.165) is 5.56 Å². The van der Waals surface area contributed by atoms with Crippen molar-refractivity contribution in [3.05, 3.63) is 136 Å². The summed E-state index contributed by atoms with van der Waals surface area (Å²) in [5.41, 5.74) is 2.32. The highest BCUT2D eigenvalue weighted by Gasteiger charge is 2.71. The number of hydrogen-bond donors (Lipinski definition) is 0. The number of carbonyl (C=O) groups excluding carboxylic acids is 3. The summed E-state index contributed by atoms with van der Waals surface area (Å²) in [4.78, 5) is 46.2. The molecule has 5 nitrogen and oxygen atoms in total. The van der Waals surface area contributed by atoms with Gasteiger partial charge in [0.05, 0.1) is 12.6 Å². The lowest BCUT2D eigenvalue weighted by Gasteiger charge is -2.37. The number of carbonyl (C=O) groups is 3. The summed E-state index contributed by atoms with van der Waals surface area (Å²) >= 11 is 0. The minimum Gasteiger partial charge on any atom is -0.494 e. The predicted octanol–water partition coefficient (Wildman–Crippen LogP) is 6.85. The van der Waals surface area contributed by atoms with Crippen molar-refractivity contribution in [1.82, 2.24) is 0 Å². The van der Waals surface area contributed by atoms with Crippen LogP contribution in [0, 0.1) is 18.2 Å². The van der Waals surface area contributed by atoms with Crippen LogP contribution >= 0.6 is 0 Å². The smallest absolute Gasteiger partial charge is 0.185 e. The van der Waals surface area contributed by atoms with E-state index in [0.29, 0.717) is 45.9 Å². The molecule has 0 unspecified atom stereocenters. The minimum atomic E-state index is -1.65. The first kappa shape index (κ1) is 26.1. The van der Waals surface area contributed by atoms with Crippen LogP contribution in [0.2, 0.25) is 0 Å². The van der Waals surface area contributed by atoms with Gasteiger partial charge in [-0.3, -0.25) is 14.4 Å². The lowest BCUT2D eigenvalue weighted by Crippen LogP contribution is -2.48. The van der Waals surface area contributed by atoms with Gasteiger partial charge in [0.25, 0.3) is 0 Å². The zero-order valence-electron chi connectivity index (χ0n) is 23.2. The second kappa shape index (κ2) is 9.62. The average Bonchev–Trinajstić information content (AvgIpc) is 3.43. The number of Topliss-reactive ketones (excluding diaryl/α,β-unsaturated/α-hetero) is 3. The van der Waals surface area contributed by atoms with Crippen molar-refractivity contribution < 1.29 is 23.5 Å². The highest BCUT2D eigenvalue weighted by Crippen LogP contribution is 2.62. The van der Waals surface area contributed by atoms with Gasteiger partial charge in [-0.1, -0.05) is 84.4 Å². The second-order valence-corrected chi connectivity index (χ2v) is 11.1. The summed E-state index contributed by atoms with van der Waals surface area (Å²) in [5.74, 6) is -1.65. The van der Waals surface area contributed by atoms with Crippen LogP contribution in [0.15, 0.2) is 97.1 Å². The zero-order valence-corrected chi connectivity index (χ0v) is 23.2. The number of rotatable bonds is 5. The summed E-state index contributed by atoms with van der Waals surface area (Å²) in [6.07, 6.45) is 3.55. The van der Waals surface area contributed by atoms with Gasteiger partial charge in [-0.2, -0.15) is 0 Å². The van der Waals surface area contributed by atoms with Crippen LogP contribution in [0.1, 0.15) is 60.6 Å². The molecule has 0 saturated carbocycles. The summed E-state index contributed by atoms with van der Waals surface area (Å²) in [7, 11) is 0. The lowest BCUT2D eigenvalue weighted by molar-refractivity contribution is 0.0664. The maximum Gasteiger partial charge on any atom is 0.185 e. The number of anilines is 1. The van der Waals surface area contributed by atoms with Crippen LogP contribution in [0.3, 0.4) is 0 Å². The SMILES string of the molecule is CCOc1ccccc1[C@@H]1[C@H](C(=O)c2ccc(C)cc2)N2c3ccc(F)cc3C=C[C@@H]2C12C(=O)c1ccccc1C2=O. The van der Waals surface area contributed by atoms with E-state index in [1.807, 2.05) is 55.1 Å². The quantitative estimate of drug-likeness (QED) is 0.198. The molecular weight excluding hydrogens is 529 g/mol. The van der Waals surface area contributed by atoms with Gasteiger partial charge >= 0.3 is 0 Å². The number of hydrogen-bond acceptors (Lipinski definition) is 5. The summed E-state index contributed by atoms with van der Waals surface area (Å²) in [6, 6.07) is 24.2. The van der Waals surface area contributed by atoms with Crippen LogP contribution in [0.5, 0.6) is 5.75 Å². The van der Waals surface area contributed by atoms with Crippen LogP contribution in [0.4, 0.5) is 10.1 Å². The van der Waals surface area contributed by atoms with Gasteiger partial charge in [-0.25, -0.2) is 4.39 Å². The highest BCUT2D eigenvalue weighted by molar-refractivity contribution is 6.32. The maximum atomic E-state index is 14.8. The fourth-order valence-corrected chi connectivity index (χ4v) is 7.20. The Kier molecular flexibility index (Phi) is 5.98. The number of ether oxygens (including phenoxy) is 1. The first-order valence-electron chi connectivity index (χ1n) is 14.1. The fourth-order valence-electron chi connectivity index (χ4n) is 7.20. The van der Waals surface area contributed by atoms with Gasteiger partial charge in [0, 0.05) is 39.4 Å². The molecule has 3 atom stereocenters. The maximum absolute atomic E-state index is 14.8. The Labute approximate surface area is 243 Å². The van der Waals surface area contributed by atoms with E-state index in [1.165, 1.54) is 12.1 Å². The number of benzene rings is 4. The van der Waals surface area contributed by atoms with E-state index in [9.17, 15) is 18.8 Å². The number of para-hydroxylation sites is 1. The predicted molar refractivity (Wildman–Crippen MR) is 159 cm³/mol. The molecule has 0 radical (unpaired) electrons. The fraction of sp³-hybridized carbons (Fsp3) is 0.194. The molecule has 42 heavy (non-hydrogen) atoms. The molecule has 7 rings (SSSR count). The van der Waals surface area contributed by atoms with E-state index in [1.54, 1.807) is 54.6 Å². The molecule has 1 aliphatic carbocycles. The topological polar surface area (TPSA) is 63.7 Å². The molecule has 1 spiro atoms. The molecule has 6 heteroatoms.